The van der Waals surface area contributed by atoms with Gasteiger partial charge in [-0.05, 0) is 82.8 Å². The Morgan fingerprint density at radius 2 is 1.68 bits per heavy atom. The van der Waals surface area contributed by atoms with Crippen LogP contribution in [0.15, 0.2) is 78.0 Å². The lowest BCUT2D eigenvalue weighted by Gasteiger charge is -2.39. The number of hydrogen-bond donors (Lipinski definition) is 0. The number of para-hydroxylation sites is 1. The van der Waals surface area contributed by atoms with Gasteiger partial charge in [-0.2, -0.15) is 4.68 Å². The molecule has 2 bridgehead atoms. The van der Waals surface area contributed by atoms with E-state index < -0.39 is 0 Å². The Kier molecular flexibility index (Phi) is 7.96. The third-order valence-corrected chi connectivity index (χ3v) is 9.08. The van der Waals surface area contributed by atoms with Crippen molar-refractivity contribution in [2.75, 3.05) is 7.11 Å². The lowest BCUT2D eigenvalue weighted by atomic mass is 9.97. The Morgan fingerprint density at radius 1 is 0.976 bits per heavy atom. The molecular weight excluding hydrogens is 534 g/mol. The molecule has 3 heterocycles. The van der Waals surface area contributed by atoms with E-state index in [1.54, 1.807) is 23.6 Å². The lowest BCUT2D eigenvalue weighted by molar-refractivity contribution is 0.0356. The van der Waals surface area contributed by atoms with Crippen LogP contribution in [-0.2, 0) is 5.75 Å². The van der Waals surface area contributed by atoms with Crippen molar-refractivity contribution in [2.45, 2.75) is 74.5 Å². The van der Waals surface area contributed by atoms with Crippen LogP contribution >= 0.6 is 11.8 Å². The fourth-order valence-corrected chi connectivity index (χ4v) is 6.84. The molecule has 0 radical (unpaired) electrons. The number of benzene rings is 3. The molecule has 4 aromatic rings. The Morgan fingerprint density at radius 3 is 2.37 bits per heavy atom. The summed E-state index contributed by atoms with van der Waals surface area (Å²) in [7, 11) is 1.64. The maximum absolute atomic E-state index is 13.6. The minimum atomic E-state index is 0.126. The van der Waals surface area contributed by atoms with E-state index in [-0.39, 0.29) is 24.1 Å². The number of thioether (sulfide) groups is 1. The van der Waals surface area contributed by atoms with Crippen LogP contribution in [0, 0.1) is 0 Å². The van der Waals surface area contributed by atoms with Crippen molar-refractivity contribution in [3.05, 3.63) is 89.5 Å². The fraction of sp³-hybridized carbons (Fsp3) is 0.375. The molecule has 1 amide bonds. The van der Waals surface area contributed by atoms with Gasteiger partial charge in [-0.15, -0.1) is 5.10 Å². The number of piperidine rings is 1. The molecular formula is C32H35N5O3S. The number of methoxy groups -OCH3 is 1. The number of amides is 1. The predicted molar refractivity (Wildman–Crippen MR) is 159 cm³/mol. The monoisotopic (exact) mass is 569 g/mol. The zero-order valence-electron chi connectivity index (χ0n) is 23.6. The molecule has 0 spiro atoms. The van der Waals surface area contributed by atoms with Crippen LogP contribution in [0.25, 0.3) is 5.69 Å². The number of fused-ring (bicyclic) bond motifs is 2. The summed E-state index contributed by atoms with van der Waals surface area (Å²) in [5.41, 5.74) is 3.96. The number of hydrogen-bond acceptors (Lipinski definition) is 7. The molecule has 2 unspecified atom stereocenters. The molecule has 2 saturated heterocycles. The Labute approximate surface area is 245 Å². The van der Waals surface area contributed by atoms with Gasteiger partial charge in [-0.25, -0.2) is 0 Å². The number of tetrazole rings is 1. The second-order valence-electron chi connectivity index (χ2n) is 11.1. The van der Waals surface area contributed by atoms with Crippen molar-refractivity contribution in [3.63, 3.8) is 0 Å². The number of aromatic nitrogens is 4. The smallest absolute Gasteiger partial charge is 0.254 e. The Balaban J connectivity index is 1.07. The minimum Gasteiger partial charge on any atom is -0.497 e. The summed E-state index contributed by atoms with van der Waals surface area (Å²) >= 11 is 1.55. The molecule has 1 aromatic heterocycles. The molecule has 9 heteroatoms. The van der Waals surface area contributed by atoms with Crippen LogP contribution in [-0.4, -0.2) is 56.3 Å². The fourth-order valence-electron chi connectivity index (χ4n) is 5.99. The average Bonchev–Trinajstić information content (AvgIpc) is 3.58. The summed E-state index contributed by atoms with van der Waals surface area (Å²) in [5, 5.41) is 12.9. The lowest BCUT2D eigenvalue weighted by Crippen LogP contribution is -2.49. The van der Waals surface area contributed by atoms with E-state index in [1.807, 2.05) is 54.6 Å². The van der Waals surface area contributed by atoms with Crippen LogP contribution in [0.5, 0.6) is 11.5 Å². The standard InChI is InChI=1S/C32H35N5O3S/c1-21(2)29-6-4-5-7-30(29)40-28-18-25-12-13-26(19-28)36(25)31(38)23-10-8-22(9-11-23)20-41-32-33-34-35-37(32)24-14-16-27(39-3)17-15-24/h4-11,14-17,21,25-26,28H,12-13,18-20H2,1-3H3. The van der Waals surface area contributed by atoms with E-state index in [4.69, 9.17) is 9.47 Å². The van der Waals surface area contributed by atoms with Crippen molar-refractivity contribution in [2.24, 2.45) is 0 Å². The topological polar surface area (TPSA) is 82.4 Å². The van der Waals surface area contributed by atoms with Crippen molar-refractivity contribution in [3.8, 4) is 17.2 Å². The minimum absolute atomic E-state index is 0.126. The summed E-state index contributed by atoms with van der Waals surface area (Å²) < 4.78 is 13.5. The van der Waals surface area contributed by atoms with Gasteiger partial charge in [0, 0.05) is 36.2 Å². The second-order valence-corrected chi connectivity index (χ2v) is 12.0. The highest BCUT2D eigenvalue weighted by molar-refractivity contribution is 7.98. The van der Waals surface area contributed by atoms with Gasteiger partial charge in [-0.3, -0.25) is 4.79 Å². The highest BCUT2D eigenvalue weighted by atomic mass is 32.2. The zero-order valence-corrected chi connectivity index (χ0v) is 24.5. The summed E-state index contributed by atoms with van der Waals surface area (Å²) in [6, 6.07) is 24.4. The van der Waals surface area contributed by atoms with E-state index in [0.717, 1.165) is 54.0 Å². The highest BCUT2D eigenvalue weighted by Crippen LogP contribution is 2.39. The summed E-state index contributed by atoms with van der Waals surface area (Å²) in [6.45, 7) is 4.39. The molecule has 0 aliphatic carbocycles. The molecule has 41 heavy (non-hydrogen) atoms. The maximum Gasteiger partial charge on any atom is 0.254 e. The van der Waals surface area contributed by atoms with Gasteiger partial charge < -0.3 is 14.4 Å². The van der Waals surface area contributed by atoms with E-state index >= 15 is 0 Å². The highest BCUT2D eigenvalue weighted by Gasteiger charge is 2.44. The van der Waals surface area contributed by atoms with Crippen LogP contribution < -0.4 is 9.47 Å². The van der Waals surface area contributed by atoms with Gasteiger partial charge in [0.25, 0.3) is 5.91 Å². The third-order valence-electron chi connectivity index (χ3n) is 8.09. The number of carbonyl (C=O) groups is 1. The third kappa shape index (κ3) is 5.81. The largest absolute Gasteiger partial charge is 0.497 e. The molecule has 2 atom stereocenters. The van der Waals surface area contributed by atoms with E-state index in [1.165, 1.54) is 5.56 Å². The number of nitrogens with zero attached hydrogens (tertiary/aromatic N) is 5. The normalized spacial score (nSPS) is 19.9. The van der Waals surface area contributed by atoms with Crippen molar-refractivity contribution < 1.29 is 14.3 Å². The van der Waals surface area contributed by atoms with E-state index in [9.17, 15) is 4.79 Å². The Bertz CT molecular complexity index is 1470. The molecule has 212 valence electrons. The van der Waals surface area contributed by atoms with Gasteiger partial charge in [0.1, 0.15) is 17.6 Å². The molecule has 2 aliphatic heterocycles. The first kappa shape index (κ1) is 27.3. The first-order chi connectivity index (χ1) is 20.0. The van der Waals surface area contributed by atoms with Crippen molar-refractivity contribution in [1.29, 1.82) is 0 Å². The van der Waals surface area contributed by atoms with Gasteiger partial charge in [0.05, 0.1) is 12.8 Å². The molecule has 6 rings (SSSR count). The van der Waals surface area contributed by atoms with Crippen molar-refractivity contribution >= 4 is 17.7 Å². The molecule has 0 N–H and O–H groups in total. The van der Waals surface area contributed by atoms with Crippen LogP contribution in [0.4, 0.5) is 0 Å². The van der Waals surface area contributed by atoms with E-state index in [0.29, 0.717) is 16.8 Å². The summed E-state index contributed by atoms with van der Waals surface area (Å²) in [6.07, 6.45) is 3.99. The number of ether oxygens (including phenoxy) is 2. The number of carbonyl (C=O) groups excluding carboxylic acids is 1. The maximum atomic E-state index is 13.6. The average molecular weight is 570 g/mol. The van der Waals surface area contributed by atoms with Gasteiger partial charge in [0.15, 0.2) is 0 Å². The molecule has 2 aliphatic rings. The summed E-state index contributed by atoms with van der Waals surface area (Å²) in [4.78, 5) is 15.7. The van der Waals surface area contributed by atoms with Gasteiger partial charge >= 0.3 is 0 Å². The SMILES string of the molecule is COc1ccc(-n2nnnc2SCc2ccc(C(=O)N3C4CCC3CC(Oc3ccccc3C(C)C)C4)cc2)cc1. The first-order valence-electron chi connectivity index (χ1n) is 14.2. The second kappa shape index (κ2) is 11.9. The van der Waals surface area contributed by atoms with Crippen LogP contribution in [0.2, 0.25) is 0 Å². The summed E-state index contributed by atoms with van der Waals surface area (Å²) in [5.74, 6) is 2.99. The zero-order chi connectivity index (χ0) is 28.3. The van der Waals surface area contributed by atoms with E-state index in [2.05, 4.69) is 52.5 Å². The van der Waals surface area contributed by atoms with Gasteiger partial charge in [-0.1, -0.05) is 55.9 Å². The molecule has 8 nitrogen and oxygen atoms in total. The van der Waals surface area contributed by atoms with Crippen LogP contribution in [0.3, 0.4) is 0 Å². The van der Waals surface area contributed by atoms with Crippen molar-refractivity contribution in [1.82, 2.24) is 25.1 Å². The predicted octanol–water partition coefficient (Wildman–Crippen LogP) is 6.30. The Hall–Kier alpha value is -3.85. The van der Waals surface area contributed by atoms with Crippen LogP contribution in [0.1, 0.15) is 66.9 Å². The van der Waals surface area contributed by atoms with Gasteiger partial charge in [0.2, 0.25) is 5.16 Å². The molecule has 3 aromatic carbocycles. The molecule has 0 saturated carbocycles. The number of rotatable bonds is 9. The molecule has 2 fully saturated rings. The quantitative estimate of drug-likeness (QED) is 0.219. The first-order valence-corrected chi connectivity index (χ1v) is 15.2.